The van der Waals surface area contributed by atoms with Gasteiger partial charge < -0.3 is 19.4 Å². The monoisotopic (exact) mass is 381 g/mol. The van der Waals surface area contributed by atoms with Gasteiger partial charge in [-0.25, -0.2) is 4.98 Å². The largest absolute Gasteiger partial charge is 0.493 e. The van der Waals surface area contributed by atoms with Crippen LogP contribution in [-0.2, 0) is 17.8 Å². The van der Waals surface area contributed by atoms with Crippen LogP contribution in [0.5, 0.6) is 11.5 Å². The second kappa shape index (κ2) is 9.78. The van der Waals surface area contributed by atoms with Gasteiger partial charge in [0.15, 0.2) is 11.5 Å². The predicted molar refractivity (Wildman–Crippen MR) is 110 cm³/mol. The highest BCUT2D eigenvalue weighted by atomic mass is 16.5. The molecule has 148 valence electrons. The highest BCUT2D eigenvalue weighted by Gasteiger charge is 2.10. The van der Waals surface area contributed by atoms with E-state index in [-0.39, 0.29) is 5.91 Å². The molecule has 0 aliphatic carbocycles. The zero-order valence-corrected chi connectivity index (χ0v) is 16.5. The van der Waals surface area contributed by atoms with Crippen molar-refractivity contribution in [3.05, 3.63) is 54.4 Å². The second-order valence-corrected chi connectivity index (χ2v) is 6.61. The van der Waals surface area contributed by atoms with Crippen LogP contribution in [0.2, 0.25) is 0 Å². The van der Waals surface area contributed by atoms with Gasteiger partial charge in [-0.05, 0) is 37.1 Å². The molecule has 6 heteroatoms. The molecule has 1 heterocycles. The molecule has 0 saturated heterocycles. The standard InChI is InChI=1S/C22H27N3O3/c1-17(26)23-14-13-22-24-18-9-3-4-10-19(18)25(22)15-7-8-16-28-21-12-6-5-11-20(21)27-2/h3-6,9-12H,7-8,13-16H2,1-2H3,(H,23,26). The lowest BCUT2D eigenvalue weighted by Crippen LogP contribution is -2.23. The Morgan fingerprint density at radius 3 is 2.61 bits per heavy atom. The summed E-state index contributed by atoms with van der Waals surface area (Å²) in [5.74, 6) is 2.51. The van der Waals surface area contributed by atoms with E-state index in [1.807, 2.05) is 42.5 Å². The molecule has 6 nitrogen and oxygen atoms in total. The lowest BCUT2D eigenvalue weighted by Gasteiger charge is -2.12. The number of benzene rings is 2. The number of unbranched alkanes of at least 4 members (excludes halogenated alkanes) is 1. The van der Waals surface area contributed by atoms with E-state index < -0.39 is 0 Å². The van der Waals surface area contributed by atoms with Crippen LogP contribution >= 0.6 is 0 Å². The van der Waals surface area contributed by atoms with Crippen molar-refractivity contribution in [2.45, 2.75) is 32.7 Å². The third-order valence-electron chi connectivity index (χ3n) is 4.56. The smallest absolute Gasteiger partial charge is 0.216 e. The Morgan fingerprint density at radius 1 is 1.07 bits per heavy atom. The van der Waals surface area contributed by atoms with Gasteiger partial charge in [-0.3, -0.25) is 4.79 Å². The van der Waals surface area contributed by atoms with Gasteiger partial charge in [0.25, 0.3) is 0 Å². The molecule has 3 rings (SSSR count). The molecule has 0 unspecified atom stereocenters. The van der Waals surface area contributed by atoms with Crippen LogP contribution in [0.15, 0.2) is 48.5 Å². The van der Waals surface area contributed by atoms with Crippen LogP contribution in [0.3, 0.4) is 0 Å². The van der Waals surface area contributed by atoms with E-state index in [9.17, 15) is 4.79 Å². The van der Waals surface area contributed by atoms with Crippen LogP contribution in [0.1, 0.15) is 25.6 Å². The van der Waals surface area contributed by atoms with Crippen molar-refractivity contribution in [1.29, 1.82) is 0 Å². The molecule has 0 spiro atoms. The van der Waals surface area contributed by atoms with Gasteiger partial charge in [0.2, 0.25) is 5.91 Å². The number of nitrogens with zero attached hydrogens (tertiary/aromatic N) is 2. The first-order valence-corrected chi connectivity index (χ1v) is 9.63. The lowest BCUT2D eigenvalue weighted by molar-refractivity contribution is -0.118. The number of carbonyl (C=O) groups excluding carboxylic acids is 1. The fraction of sp³-hybridized carbons (Fsp3) is 0.364. The third-order valence-corrected chi connectivity index (χ3v) is 4.56. The number of carbonyl (C=O) groups is 1. The van der Waals surface area contributed by atoms with Crippen LogP contribution in [0.25, 0.3) is 11.0 Å². The molecule has 0 atom stereocenters. The van der Waals surface area contributed by atoms with Gasteiger partial charge in [-0.1, -0.05) is 24.3 Å². The minimum atomic E-state index is -0.0175. The summed E-state index contributed by atoms with van der Waals surface area (Å²) < 4.78 is 13.4. The van der Waals surface area contributed by atoms with Gasteiger partial charge in [-0.15, -0.1) is 0 Å². The molecule has 0 aliphatic heterocycles. The van der Waals surface area contributed by atoms with E-state index >= 15 is 0 Å². The number of fused-ring (bicyclic) bond motifs is 1. The zero-order valence-electron chi connectivity index (χ0n) is 16.5. The SMILES string of the molecule is COc1ccccc1OCCCCn1c(CCNC(C)=O)nc2ccccc21. The maximum atomic E-state index is 11.1. The van der Waals surface area contributed by atoms with Gasteiger partial charge >= 0.3 is 0 Å². The number of nitrogens with one attached hydrogen (secondary N) is 1. The number of amides is 1. The average Bonchev–Trinajstić information content (AvgIpc) is 3.05. The first kappa shape index (κ1) is 19.7. The Balaban J connectivity index is 1.57. The van der Waals surface area contributed by atoms with Crippen molar-refractivity contribution < 1.29 is 14.3 Å². The molecular weight excluding hydrogens is 354 g/mol. The quantitative estimate of drug-likeness (QED) is 0.545. The normalized spacial score (nSPS) is 10.8. The molecule has 2 aromatic carbocycles. The number of imidazole rings is 1. The Labute approximate surface area is 165 Å². The Bertz CT molecular complexity index is 920. The highest BCUT2D eigenvalue weighted by Crippen LogP contribution is 2.26. The summed E-state index contributed by atoms with van der Waals surface area (Å²) in [6.45, 7) is 3.62. The molecule has 3 aromatic rings. The number of rotatable bonds is 10. The van der Waals surface area contributed by atoms with Crippen LogP contribution in [0, 0.1) is 0 Å². The summed E-state index contributed by atoms with van der Waals surface area (Å²) >= 11 is 0. The number of aromatic nitrogens is 2. The Morgan fingerprint density at radius 2 is 1.82 bits per heavy atom. The first-order valence-electron chi connectivity index (χ1n) is 9.63. The number of ether oxygens (including phenoxy) is 2. The maximum absolute atomic E-state index is 11.1. The predicted octanol–water partition coefficient (Wildman–Crippen LogP) is 3.58. The number of methoxy groups -OCH3 is 1. The summed E-state index contributed by atoms with van der Waals surface area (Å²) in [6, 6.07) is 15.8. The minimum Gasteiger partial charge on any atom is -0.493 e. The molecule has 1 amide bonds. The van der Waals surface area contributed by atoms with Crippen molar-refractivity contribution in [2.24, 2.45) is 0 Å². The number of para-hydroxylation sites is 4. The van der Waals surface area contributed by atoms with E-state index in [2.05, 4.69) is 16.0 Å². The van der Waals surface area contributed by atoms with Gasteiger partial charge in [0, 0.05) is 26.4 Å². The second-order valence-electron chi connectivity index (χ2n) is 6.61. The summed E-state index contributed by atoms with van der Waals surface area (Å²) in [6.07, 6.45) is 2.62. The first-order chi connectivity index (χ1) is 13.7. The van der Waals surface area contributed by atoms with Crippen molar-refractivity contribution in [3.8, 4) is 11.5 Å². The minimum absolute atomic E-state index is 0.0175. The van der Waals surface area contributed by atoms with Crippen LogP contribution in [0.4, 0.5) is 0 Å². The number of aryl methyl sites for hydroxylation is 1. The van der Waals surface area contributed by atoms with Crippen molar-refractivity contribution in [1.82, 2.24) is 14.9 Å². The van der Waals surface area contributed by atoms with Crippen molar-refractivity contribution in [2.75, 3.05) is 20.3 Å². The summed E-state index contributed by atoms with van der Waals surface area (Å²) in [5.41, 5.74) is 2.12. The van der Waals surface area contributed by atoms with E-state index in [0.29, 0.717) is 19.6 Å². The van der Waals surface area contributed by atoms with Crippen molar-refractivity contribution >= 4 is 16.9 Å². The van der Waals surface area contributed by atoms with E-state index in [1.165, 1.54) is 6.92 Å². The zero-order chi connectivity index (χ0) is 19.8. The molecule has 1 aromatic heterocycles. The number of hydrogen-bond donors (Lipinski definition) is 1. The number of hydrogen-bond acceptors (Lipinski definition) is 4. The third kappa shape index (κ3) is 5.03. The van der Waals surface area contributed by atoms with Crippen LogP contribution < -0.4 is 14.8 Å². The molecular formula is C22H27N3O3. The fourth-order valence-corrected chi connectivity index (χ4v) is 3.21. The molecule has 0 radical (unpaired) electrons. The molecule has 28 heavy (non-hydrogen) atoms. The molecule has 0 saturated carbocycles. The lowest BCUT2D eigenvalue weighted by atomic mass is 10.2. The fourth-order valence-electron chi connectivity index (χ4n) is 3.21. The Hall–Kier alpha value is -3.02. The maximum Gasteiger partial charge on any atom is 0.216 e. The van der Waals surface area contributed by atoms with E-state index in [1.54, 1.807) is 7.11 Å². The van der Waals surface area contributed by atoms with Gasteiger partial charge in [-0.2, -0.15) is 0 Å². The topological polar surface area (TPSA) is 65.4 Å². The summed E-state index contributed by atoms with van der Waals surface area (Å²) in [4.78, 5) is 15.9. The molecule has 0 fully saturated rings. The van der Waals surface area contributed by atoms with E-state index in [4.69, 9.17) is 14.5 Å². The van der Waals surface area contributed by atoms with Gasteiger partial charge in [0.1, 0.15) is 5.82 Å². The average molecular weight is 381 g/mol. The highest BCUT2D eigenvalue weighted by molar-refractivity contribution is 5.76. The summed E-state index contributed by atoms with van der Waals surface area (Å²) in [5, 5.41) is 2.85. The molecule has 1 N–H and O–H groups in total. The molecule has 0 aliphatic rings. The summed E-state index contributed by atoms with van der Waals surface area (Å²) in [7, 11) is 1.65. The van der Waals surface area contributed by atoms with Crippen molar-refractivity contribution in [3.63, 3.8) is 0 Å². The van der Waals surface area contributed by atoms with Gasteiger partial charge in [0.05, 0.1) is 24.8 Å². The van der Waals surface area contributed by atoms with Crippen LogP contribution in [-0.4, -0.2) is 35.7 Å². The van der Waals surface area contributed by atoms with E-state index in [0.717, 1.165) is 47.7 Å². The Kier molecular flexibility index (Phi) is 6.89. The molecule has 0 bridgehead atoms.